The van der Waals surface area contributed by atoms with E-state index in [0.29, 0.717) is 41.8 Å². The van der Waals surface area contributed by atoms with Gasteiger partial charge in [0, 0.05) is 23.9 Å². The number of esters is 1. The lowest BCUT2D eigenvalue weighted by Crippen LogP contribution is -2.45. The standard InChI is InChI=1S/C30H37N3O8/c1-6-10-26(36)41-29(38)31-14-9-13-30(3,27-23(39-4)15-19(2)16-24(27)40-5)32-28(37)22-17-20-11-7-8-12-21(20)33(22)18-25(34)35/h7-8,11-12,15-17H,6,9-10,13-14,18H2,1-5H3,(H,31,38)(H,32,37)(H,34,35). The average Bonchev–Trinajstić information content (AvgIpc) is 3.28. The lowest BCUT2D eigenvalue weighted by atomic mass is 9.84. The molecule has 0 aliphatic heterocycles. The fourth-order valence-corrected chi connectivity index (χ4v) is 4.88. The summed E-state index contributed by atoms with van der Waals surface area (Å²) in [6.45, 7) is 5.29. The lowest BCUT2D eigenvalue weighted by molar-refractivity contribution is -0.138. The van der Waals surface area contributed by atoms with Gasteiger partial charge in [-0.2, -0.15) is 0 Å². The van der Waals surface area contributed by atoms with E-state index in [4.69, 9.17) is 14.2 Å². The van der Waals surface area contributed by atoms with Gasteiger partial charge in [-0.25, -0.2) is 4.79 Å². The Labute approximate surface area is 238 Å². The predicted molar refractivity (Wildman–Crippen MR) is 152 cm³/mol. The molecule has 0 saturated carbocycles. The van der Waals surface area contributed by atoms with Gasteiger partial charge in [-0.3, -0.25) is 14.4 Å². The molecule has 0 fully saturated rings. The van der Waals surface area contributed by atoms with E-state index in [1.807, 2.05) is 45.0 Å². The molecule has 3 rings (SSSR count). The van der Waals surface area contributed by atoms with Gasteiger partial charge in [0.2, 0.25) is 0 Å². The van der Waals surface area contributed by atoms with Gasteiger partial charge in [0.15, 0.2) is 0 Å². The summed E-state index contributed by atoms with van der Waals surface area (Å²) in [7, 11) is 3.05. The first-order chi connectivity index (χ1) is 19.5. The number of rotatable bonds is 13. The number of carboxylic acid groups (broad SMARTS) is 1. The topological polar surface area (TPSA) is 145 Å². The van der Waals surface area contributed by atoms with Crippen LogP contribution in [0, 0.1) is 6.92 Å². The number of alkyl carbamates (subject to hydrolysis) is 1. The quantitative estimate of drug-likeness (QED) is 0.155. The molecule has 1 atom stereocenters. The minimum Gasteiger partial charge on any atom is -0.496 e. The minimum absolute atomic E-state index is 0.142. The number of fused-ring (bicyclic) bond motifs is 1. The summed E-state index contributed by atoms with van der Waals surface area (Å²) in [6, 6.07) is 12.5. The number of benzene rings is 2. The zero-order chi connectivity index (χ0) is 30.2. The lowest BCUT2D eigenvalue weighted by Gasteiger charge is -2.34. The Bertz CT molecular complexity index is 1410. The van der Waals surface area contributed by atoms with Crippen LogP contribution in [0.2, 0.25) is 0 Å². The SMILES string of the molecule is CCCC(=O)OC(=O)NCCCC(C)(NC(=O)c1cc2ccccc2n1CC(=O)O)c1c(OC)cc(C)cc1OC. The summed E-state index contributed by atoms with van der Waals surface area (Å²) in [5.41, 5.74) is 1.19. The van der Waals surface area contributed by atoms with Gasteiger partial charge in [-0.05, 0) is 62.9 Å². The molecule has 0 saturated heterocycles. The summed E-state index contributed by atoms with van der Waals surface area (Å²) in [4.78, 5) is 49.2. The fourth-order valence-electron chi connectivity index (χ4n) is 4.88. The molecule has 3 N–H and O–H groups in total. The molecule has 0 aliphatic rings. The van der Waals surface area contributed by atoms with Crippen molar-refractivity contribution in [2.75, 3.05) is 20.8 Å². The highest BCUT2D eigenvalue weighted by atomic mass is 16.6. The molecular weight excluding hydrogens is 530 g/mol. The van der Waals surface area contributed by atoms with Crippen LogP contribution in [0.5, 0.6) is 11.5 Å². The molecule has 0 spiro atoms. The number of ether oxygens (including phenoxy) is 3. The number of amides is 2. The summed E-state index contributed by atoms with van der Waals surface area (Å²) in [5.74, 6) is -1.19. The molecule has 0 aliphatic carbocycles. The van der Waals surface area contributed by atoms with Gasteiger partial charge in [0.1, 0.15) is 23.7 Å². The van der Waals surface area contributed by atoms with E-state index in [2.05, 4.69) is 10.6 Å². The molecule has 1 heterocycles. The Morgan fingerprint density at radius 3 is 2.29 bits per heavy atom. The zero-order valence-electron chi connectivity index (χ0n) is 24.0. The molecule has 11 nitrogen and oxygen atoms in total. The van der Waals surface area contributed by atoms with E-state index in [0.717, 1.165) is 10.9 Å². The first kappa shape index (κ1) is 31.0. The van der Waals surface area contributed by atoms with Crippen molar-refractivity contribution in [2.45, 2.75) is 58.5 Å². The Kier molecular flexibility index (Phi) is 10.3. The van der Waals surface area contributed by atoms with E-state index in [-0.39, 0.29) is 18.7 Å². The highest BCUT2D eigenvalue weighted by Gasteiger charge is 2.36. The Morgan fingerprint density at radius 1 is 1.02 bits per heavy atom. The van der Waals surface area contributed by atoms with Crippen LogP contribution in [-0.4, -0.2) is 54.4 Å². The van der Waals surface area contributed by atoms with Gasteiger partial charge in [-0.15, -0.1) is 0 Å². The molecule has 11 heteroatoms. The number of nitrogens with one attached hydrogen (secondary N) is 2. The number of aryl methyl sites for hydroxylation is 1. The molecule has 0 bridgehead atoms. The second-order valence-electron chi connectivity index (χ2n) is 9.94. The van der Waals surface area contributed by atoms with Crippen LogP contribution in [0.3, 0.4) is 0 Å². The van der Waals surface area contributed by atoms with Crippen LogP contribution in [0.1, 0.15) is 61.1 Å². The number of hydrogen-bond acceptors (Lipinski definition) is 7. The number of para-hydroxylation sites is 1. The van der Waals surface area contributed by atoms with E-state index in [1.54, 1.807) is 18.2 Å². The third kappa shape index (κ3) is 7.56. The number of hydrogen-bond donors (Lipinski definition) is 3. The van der Waals surface area contributed by atoms with E-state index < -0.39 is 36.0 Å². The number of carboxylic acids is 1. The van der Waals surface area contributed by atoms with Crippen LogP contribution in [0.25, 0.3) is 10.9 Å². The van der Waals surface area contributed by atoms with Gasteiger partial charge >= 0.3 is 18.0 Å². The monoisotopic (exact) mass is 567 g/mol. The van der Waals surface area contributed by atoms with Gasteiger partial charge in [-0.1, -0.05) is 25.1 Å². The Hall–Kier alpha value is -4.54. The van der Waals surface area contributed by atoms with Crippen molar-refractivity contribution in [3.8, 4) is 11.5 Å². The molecule has 3 aromatic rings. The Morgan fingerprint density at radius 2 is 1.68 bits per heavy atom. The molecule has 0 radical (unpaired) electrons. The van der Waals surface area contributed by atoms with Crippen LogP contribution in [-0.2, 0) is 26.4 Å². The van der Waals surface area contributed by atoms with Crippen molar-refractivity contribution < 1.29 is 38.5 Å². The van der Waals surface area contributed by atoms with Crippen LogP contribution in [0.15, 0.2) is 42.5 Å². The fraction of sp³-hybridized carbons (Fsp3) is 0.400. The summed E-state index contributed by atoms with van der Waals surface area (Å²) in [6.07, 6.45) is 0.569. The third-order valence-corrected chi connectivity index (χ3v) is 6.71. The number of carbonyl (C=O) groups excluding carboxylic acids is 3. The van der Waals surface area contributed by atoms with Crippen molar-refractivity contribution in [3.05, 3.63) is 59.3 Å². The Balaban J connectivity index is 1.96. The van der Waals surface area contributed by atoms with Crippen molar-refractivity contribution in [2.24, 2.45) is 0 Å². The van der Waals surface area contributed by atoms with Gasteiger partial charge in [0.25, 0.3) is 5.91 Å². The van der Waals surface area contributed by atoms with Crippen molar-refractivity contribution in [3.63, 3.8) is 0 Å². The van der Waals surface area contributed by atoms with Crippen LogP contribution in [0.4, 0.5) is 4.79 Å². The molecule has 1 unspecified atom stereocenters. The largest absolute Gasteiger partial charge is 0.496 e. The highest BCUT2D eigenvalue weighted by Crippen LogP contribution is 2.41. The normalized spacial score (nSPS) is 12.3. The smallest absolute Gasteiger partial charge is 0.414 e. The minimum atomic E-state index is -1.09. The predicted octanol–water partition coefficient (Wildman–Crippen LogP) is 4.53. The van der Waals surface area contributed by atoms with E-state index in [1.165, 1.54) is 18.8 Å². The maximum absolute atomic E-state index is 13.9. The van der Waals surface area contributed by atoms with E-state index >= 15 is 0 Å². The number of carbonyl (C=O) groups is 4. The van der Waals surface area contributed by atoms with Gasteiger partial charge in [0.05, 0.1) is 25.3 Å². The molecule has 2 aromatic carbocycles. The maximum atomic E-state index is 13.9. The summed E-state index contributed by atoms with van der Waals surface area (Å²) in [5, 5.41) is 15.9. The number of aromatic nitrogens is 1. The van der Waals surface area contributed by atoms with E-state index in [9.17, 15) is 24.3 Å². The number of nitrogens with zero attached hydrogens (tertiary/aromatic N) is 1. The van der Waals surface area contributed by atoms with Crippen LogP contribution >= 0.6 is 0 Å². The molecule has 2 amide bonds. The summed E-state index contributed by atoms with van der Waals surface area (Å²) < 4.78 is 17.6. The number of methoxy groups -OCH3 is 2. The van der Waals surface area contributed by atoms with Crippen molar-refractivity contribution in [1.29, 1.82) is 0 Å². The molecule has 1 aromatic heterocycles. The second-order valence-corrected chi connectivity index (χ2v) is 9.94. The average molecular weight is 568 g/mol. The zero-order valence-corrected chi connectivity index (χ0v) is 24.0. The number of aliphatic carboxylic acids is 1. The van der Waals surface area contributed by atoms with Crippen molar-refractivity contribution >= 4 is 34.8 Å². The highest BCUT2D eigenvalue weighted by molar-refractivity contribution is 6.00. The maximum Gasteiger partial charge on any atom is 0.414 e. The summed E-state index contributed by atoms with van der Waals surface area (Å²) >= 11 is 0. The first-order valence-electron chi connectivity index (χ1n) is 13.4. The van der Waals surface area contributed by atoms with Gasteiger partial charge < -0.3 is 34.5 Å². The van der Waals surface area contributed by atoms with Crippen LogP contribution < -0.4 is 20.1 Å². The molecule has 41 heavy (non-hydrogen) atoms. The molecular formula is C30H37N3O8. The third-order valence-electron chi connectivity index (χ3n) is 6.71. The first-order valence-corrected chi connectivity index (χ1v) is 13.4. The second kappa shape index (κ2) is 13.7. The molecule has 220 valence electrons. The van der Waals surface area contributed by atoms with Crippen molar-refractivity contribution in [1.82, 2.24) is 15.2 Å².